The third-order valence-corrected chi connectivity index (χ3v) is 3.41. The second-order valence-electron chi connectivity index (χ2n) is 5.72. The van der Waals surface area contributed by atoms with Crippen molar-refractivity contribution in [2.24, 2.45) is 0 Å². The highest BCUT2D eigenvalue weighted by Gasteiger charge is 2.12. The van der Waals surface area contributed by atoms with Gasteiger partial charge in [0.25, 0.3) is 0 Å². The fourth-order valence-electron chi connectivity index (χ4n) is 1.90. The molecule has 0 radical (unpaired) electrons. The molecule has 8 heteroatoms. The van der Waals surface area contributed by atoms with Crippen molar-refractivity contribution in [1.29, 1.82) is 0 Å². The highest BCUT2D eigenvalue weighted by Crippen LogP contribution is 2.06. The van der Waals surface area contributed by atoms with Gasteiger partial charge >= 0.3 is 6.16 Å². The molecule has 0 fully saturated rings. The molecule has 0 spiro atoms. The molecule has 25 heavy (non-hydrogen) atoms. The van der Waals surface area contributed by atoms with Crippen LogP contribution in [0.4, 0.5) is 4.79 Å². The van der Waals surface area contributed by atoms with Crippen molar-refractivity contribution in [3.05, 3.63) is 0 Å². The fourth-order valence-corrected chi connectivity index (χ4v) is 1.90. The highest BCUT2D eigenvalue weighted by atomic mass is 16.7. The van der Waals surface area contributed by atoms with Gasteiger partial charge in [-0.25, -0.2) is 4.79 Å². The quantitative estimate of drug-likeness (QED) is 0.441. The molecule has 8 nitrogen and oxygen atoms in total. The summed E-state index contributed by atoms with van der Waals surface area (Å²) in [6.07, 6.45) is -1.09. The number of Topliss-reactive ketones (excluding diaryl/α,β-unsaturated/α-hetero) is 5. The first-order valence-corrected chi connectivity index (χ1v) is 8.12. The lowest BCUT2D eigenvalue weighted by atomic mass is 10.0. The van der Waals surface area contributed by atoms with Crippen LogP contribution in [0.2, 0.25) is 0 Å². The minimum absolute atomic E-state index is 0.00325. The molecule has 0 bridgehead atoms. The van der Waals surface area contributed by atoms with Crippen molar-refractivity contribution >= 4 is 35.1 Å². The number of hydrogen-bond donors (Lipinski definition) is 1. The number of carboxylic acid groups (broad SMARTS) is 1. The van der Waals surface area contributed by atoms with Gasteiger partial charge in [-0.3, -0.25) is 19.2 Å². The van der Waals surface area contributed by atoms with E-state index < -0.39 is 6.16 Å². The zero-order valence-electron chi connectivity index (χ0n) is 14.4. The van der Waals surface area contributed by atoms with E-state index >= 15 is 0 Å². The van der Waals surface area contributed by atoms with E-state index in [4.69, 9.17) is 5.11 Å². The molecular weight excluding hydrogens is 332 g/mol. The summed E-state index contributed by atoms with van der Waals surface area (Å²) in [7, 11) is 0. The monoisotopic (exact) mass is 356 g/mol. The van der Waals surface area contributed by atoms with E-state index in [-0.39, 0.29) is 93.3 Å². The molecule has 0 saturated heterocycles. The van der Waals surface area contributed by atoms with Crippen LogP contribution in [0.1, 0.15) is 64.7 Å². The van der Waals surface area contributed by atoms with Gasteiger partial charge in [-0.1, -0.05) is 0 Å². The Morgan fingerprint density at radius 2 is 0.920 bits per heavy atom. The van der Waals surface area contributed by atoms with E-state index in [2.05, 4.69) is 4.74 Å². The number of ketones is 5. The van der Waals surface area contributed by atoms with Crippen molar-refractivity contribution < 1.29 is 38.6 Å². The van der Waals surface area contributed by atoms with Gasteiger partial charge in [0.1, 0.15) is 35.5 Å². The number of rotatable bonds is 15. The standard InChI is InChI=1S/C17H24O8/c1-12(18)2-3-13(19)4-5-14(20)6-7-15(21)8-9-16(22)10-11-25-17(23)24/h2-11H2,1H3,(H,23,24). The van der Waals surface area contributed by atoms with Crippen molar-refractivity contribution in [2.75, 3.05) is 6.61 Å². The first-order chi connectivity index (χ1) is 11.7. The Balaban J connectivity index is 3.78. The Hall–Kier alpha value is -2.38. The Kier molecular flexibility index (Phi) is 11.7. The highest BCUT2D eigenvalue weighted by molar-refractivity contribution is 5.91. The molecule has 0 amide bonds. The van der Waals surface area contributed by atoms with Crippen LogP contribution in [-0.4, -0.2) is 46.8 Å². The predicted molar refractivity (Wildman–Crippen MR) is 86.2 cm³/mol. The number of hydrogen-bond acceptors (Lipinski definition) is 7. The molecule has 0 unspecified atom stereocenters. The van der Waals surface area contributed by atoms with Crippen LogP contribution in [-0.2, 0) is 28.7 Å². The second kappa shape index (κ2) is 13.0. The molecule has 0 atom stereocenters. The SMILES string of the molecule is CC(=O)CCC(=O)CCC(=O)CCC(=O)CCC(=O)CCOC(=O)O. The minimum atomic E-state index is -1.46. The first kappa shape index (κ1) is 22.6. The zero-order valence-corrected chi connectivity index (χ0v) is 14.4. The van der Waals surface area contributed by atoms with E-state index in [0.717, 1.165) is 0 Å². The molecule has 0 aromatic rings. The maximum Gasteiger partial charge on any atom is 0.505 e. The average molecular weight is 356 g/mol. The number of ether oxygens (including phenoxy) is 1. The molecule has 1 N–H and O–H groups in total. The van der Waals surface area contributed by atoms with Gasteiger partial charge in [0.05, 0.1) is 0 Å². The summed E-state index contributed by atoms with van der Waals surface area (Å²) >= 11 is 0. The van der Waals surface area contributed by atoms with E-state index in [1.807, 2.05) is 0 Å². The summed E-state index contributed by atoms with van der Waals surface area (Å²) in [5.74, 6) is -0.940. The van der Waals surface area contributed by atoms with Crippen molar-refractivity contribution in [2.45, 2.75) is 64.7 Å². The van der Waals surface area contributed by atoms with Gasteiger partial charge in [0.2, 0.25) is 0 Å². The third kappa shape index (κ3) is 14.9. The van der Waals surface area contributed by atoms with Crippen LogP contribution in [0.5, 0.6) is 0 Å². The third-order valence-electron chi connectivity index (χ3n) is 3.41. The Bertz CT molecular complexity index is 521. The van der Waals surface area contributed by atoms with Crippen LogP contribution in [0.15, 0.2) is 0 Å². The van der Waals surface area contributed by atoms with Crippen LogP contribution < -0.4 is 0 Å². The van der Waals surface area contributed by atoms with E-state index in [1.54, 1.807) is 0 Å². The van der Waals surface area contributed by atoms with Gasteiger partial charge in [-0.05, 0) is 6.92 Å². The van der Waals surface area contributed by atoms with Gasteiger partial charge in [0, 0.05) is 57.8 Å². The summed E-state index contributed by atoms with van der Waals surface area (Å²) in [5.41, 5.74) is 0. The summed E-state index contributed by atoms with van der Waals surface area (Å²) in [5, 5.41) is 8.24. The number of carbonyl (C=O) groups is 6. The minimum Gasteiger partial charge on any atom is -0.450 e. The number of carbonyl (C=O) groups excluding carboxylic acids is 5. The predicted octanol–water partition coefficient (Wildman–Crippen LogP) is 2.06. The van der Waals surface area contributed by atoms with Gasteiger partial charge in [-0.15, -0.1) is 0 Å². The topological polar surface area (TPSA) is 132 Å². The average Bonchev–Trinajstić information content (AvgIpc) is 2.53. The lowest BCUT2D eigenvalue weighted by Gasteiger charge is -2.02. The lowest BCUT2D eigenvalue weighted by Crippen LogP contribution is -2.11. The van der Waals surface area contributed by atoms with Crippen LogP contribution in [0, 0.1) is 0 Å². The molecule has 140 valence electrons. The van der Waals surface area contributed by atoms with Gasteiger partial charge in [-0.2, -0.15) is 0 Å². The van der Waals surface area contributed by atoms with Crippen LogP contribution >= 0.6 is 0 Å². The van der Waals surface area contributed by atoms with E-state index in [9.17, 15) is 28.8 Å². The summed E-state index contributed by atoms with van der Waals surface area (Å²) in [4.78, 5) is 66.9. The summed E-state index contributed by atoms with van der Waals surface area (Å²) < 4.78 is 4.19. The Morgan fingerprint density at radius 3 is 1.24 bits per heavy atom. The zero-order chi connectivity index (χ0) is 19.2. The Morgan fingerprint density at radius 1 is 0.600 bits per heavy atom. The smallest absolute Gasteiger partial charge is 0.450 e. The molecule has 0 rings (SSSR count). The largest absolute Gasteiger partial charge is 0.505 e. The van der Waals surface area contributed by atoms with Gasteiger partial charge < -0.3 is 14.6 Å². The molecule has 0 aliphatic heterocycles. The van der Waals surface area contributed by atoms with E-state index in [0.29, 0.717) is 0 Å². The molecule has 0 saturated carbocycles. The van der Waals surface area contributed by atoms with Crippen molar-refractivity contribution in [3.63, 3.8) is 0 Å². The van der Waals surface area contributed by atoms with Crippen LogP contribution in [0.25, 0.3) is 0 Å². The Labute approximate surface area is 145 Å². The summed E-state index contributed by atoms with van der Waals surface area (Å²) in [6.45, 7) is 1.16. The molecular formula is C17H24O8. The fraction of sp³-hybridized carbons (Fsp3) is 0.647. The van der Waals surface area contributed by atoms with Crippen molar-refractivity contribution in [3.8, 4) is 0 Å². The van der Waals surface area contributed by atoms with E-state index in [1.165, 1.54) is 6.92 Å². The molecule has 0 heterocycles. The molecule has 0 aromatic carbocycles. The first-order valence-electron chi connectivity index (χ1n) is 8.12. The summed E-state index contributed by atoms with van der Waals surface area (Å²) in [6, 6.07) is 0. The lowest BCUT2D eigenvalue weighted by molar-refractivity contribution is -0.127. The van der Waals surface area contributed by atoms with Crippen molar-refractivity contribution in [1.82, 2.24) is 0 Å². The van der Waals surface area contributed by atoms with Crippen LogP contribution in [0.3, 0.4) is 0 Å². The maximum atomic E-state index is 11.6. The maximum absolute atomic E-state index is 11.6. The molecule has 0 aliphatic carbocycles. The second-order valence-corrected chi connectivity index (χ2v) is 5.72. The molecule has 0 aromatic heterocycles. The molecule has 0 aliphatic rings. The normalized spacial score (nSPS) is 10.1. The van der Waals surface area contributed by atoms with Gasteiger partial charge in [0.15, 0.2) is 0 Å².